The Bertz CT molecular complexity index is 22.0. The second-order valence-corrected chi connectivity index (χ2v) is 2.50. The van der Waals surface area contributed by atoms with Gasteiger partial charge in [0.15, 0.2) is 24.8 Å². The molecule has 0 aromatic heterocycles. The standard InChI is InChI=1S/CH2ClPS/c2-1-3-4/h1H2/p+1. The Morgan fingerprint density at radius 3 is 2.25 bits per heavy atom. The van der Waals surface area contributed by atoms with Crippen LogP contribution in [-0.4, -0.2) is 5.62 Å². The first-order valence-corrected chi connectivity index (χ1v) is 3.70. The van der Waals surface area contributed by atoms with Crippen molar-refractivity contribution in [3.05, 3.63) is 0 Å². The molecule has 0 fully saturated rings. The normalized spacial score (nSPS) is 8.25. The first kappa shape index (κ1) is 4.81. The summed E-state index contributed by atoms with van der Waals surface area (Å²) in [5, 5.41) is 0. The predicted octanol–water partition coefficient (Wildman–Crippen LogP) is 1.32. The summed E-state index contributed by atoms with van der Waals surface area (Å²) in [5.74, 6) is 0. The van der Waals surface area contributed by atoms with Crippen molar-refractivity contribution in [2.75, 3.05) is 5.62 Å². The Balaban J connectivity index is 2.30. The fourth-order valence-electron chi connectivity index (χ4n) is 0. The van der Waals surface area contributed by atoms with Crippen LogP contribution >= 0.6 is 19.0 Å². The summed E-state index contributed by atoms with van der Waals surface area (Å²) in [5.41, 5.74) is 0.634. The summed E-state index contributed by atoms with van der Waals surface area (Å²) >= 11 is 9.54. The molecule has 0 saturated heterocycles. The third-order valence-electron chi connectivity index (χ3n) is 0.0546. The summed E-state index contributed by atoms with van der Waals surface area (Å²) in [7, 11) is 0.489. The monoisotopic (exact) mass is 113 g/mol. The summed E-state index contributed by atoms with van der Waals surface area (Å²) in [4.78, 5) is 0. The van der Waals surface area contributed by atoms with Crippen LogP contribution in [0.2, 0.25) is 0 Å². The third kappa shape index (κ3) is 2.81. The van der Waals surface area contributed by atoms with Gasteiger partial charge in [-0.25, -0.2) is 0 Å². The molecule has 0 rings (SSSR count). The Hall–Kier alpha value is 0.810. The highest BCUT2D eigenvalue weighted by Gasteiger charge is 1.65. The maximum absolute atomic E-state index is 5.09. The molecule has 3 heteroatoms. The van der Waals surface area contributed by atoms with Crippen LogP contribution < -0.4 is 0 Å². The molecule has 0 amide bonds. The van der Waals surface area contributed by atoms with Crippen molar-refractivity contribution in [1.82, 2.24) is 0 Å². The highest BCUT2D eigenvalue weighted by atomic mass is 35.5. The van der Waals surface area contributed by atoms with E-state index in [9.17, 15) is 0 Å². The maximum Gasteiger partial charge on any atom is 0.189 e. The summed E-state index contributed by atoms with van der Waals surface area (Å²) in [6.45, 7) is 0. The van der Waals surface area contributed by atoms with Crippen molar-refractivity contribution in [2.24, 2.45) is 0 Å². The lowest BCUT2D eigenvalue weighted by Gasteiger charge is -1.38. The van der Waals surface area contributed by atoms with Gasteiger partial charge in [0.2, 0.25) is 0 Å². The van der Waals surface area contributed by atoms with E-state index >= 15 is 0 Å². The lowest BCUT2D eigenvalue weighted by molar-refractivity contribution is 2.26. The van der Waals surface area contributed by atoms with E-state index in [0.29, 0.717) is 13.0 Å². The van der Waals surface area contributed by atoms with Crippen LogP contribution in [0.15, 0.2) is 0 Å². The molecule has 0 aromatic rings. The number of alkyl halides is 1. The van der Waals surface area contributed by atoms with Crippen LogP contribution in [0.3, 0.4) is 0 Å². The molecule has 0 aliphatic rings. The predicted molar refractivity (Wildman–Crippen MR) is 26.4 cm³/mol. The number of hydrogen-bond donors (Lipinski definition) is 0. The lowest BCUT2D eigenvalue weighted by Crippen LogP contribution is -1.28. The first-order chi connectivity index (χ1) is 1.91. The topological polar surface area (TPSA) is 0 Å². The minimum Gasteiger partial charge on any atom is -0.0729 e. The van der Waals surface area contributed by atoms with Crippen LogP contribution in [0.4, 0.5) is 0 Å². The second-order valence-electron chi connectivity index (χ2n) is 0.278. The molecule has 0 spiro atoms. The van der Waals surface area contributed by atoms with Gasteiger partial charge >= 0.3 is 0 Å². The van der Waals surface area contributed by atoms with Crippen LogP contribution in [0, 0.1) is 0 Å². The molecule has 0 aromatic carbocycles. The third-order valence-corrected chi connectivity index (χ3v) is 1.47. The average molecular weight is 114 g/mol. The molecule has 4 heavy (non-hydrogen) atoms. The van der Waals surface area contributed by atoms with Gasteiger partial charge in [0.1, 0.15) is 0 Å². The van der Waals surface area contributed by atoms with Crippen LogP contribution in [0.25, 0.3) is 0 Å². The summed E-state index contributed by atoms with van der Waals surface area (Å²) in [6.07, 6.45) is 0. The van der Waals surface area contributed by atoms with Crippen molar-refractivity contribution >= 4 is 30.8 Å². The molecule has 24 valence electrons. The largest absolute Gasteiger partial charge is 0.189 e. The van der Waals surface area contributed by atoms with Gasteiger partial charge < -0.3 is 0 Å². The van der Waals surface area contributed by atoms with E-state index in [1.807, 2.05) is 0 Å². The number of halogens is 1. The van der Waals surface area contributed by atoms with E-state index in [1.165, 1.54) is 0 Å². The van der Waals surface area contributed by atoms with E-state index in [2.05, 4.69) is 11.8 Å². The zero-order valence-corrected chi connectivity index (χ0v) is 4.57. The minimum absolute atomic E-state index is 0.489. The SMILES string of the molecule is S=[PH+]CCl. The molecule has 0 aliphatic heterocycles. The van der Waals surface area contributed by atoms with Gasteiger partial charge in [-0.1, -0.05) is 11.6 Å². The Morgan fingerprint density at radius 2 is 2.25 bits per heavy atom. The maximum atomic E-state index is 5.09. The van der Waals surface area contributed by atoms with E-state index in [0.717, 1.165) is 0 Å². The molecule has 0 heterocycles. The summed E-state index contributed by atoms with van der Waals surface area (Å²) < 4.78 is 0. The van der Waals surface area contributed by atoms with Crippen molar-refractivity contribution in [2.45, 2.75) is 0 Å². The van der Waals surface area contributed by atoms with Gasteiger partial charge in [-0.2, -0.15) is 0 Å². The van der Waals surface area contributed by atoms with Crippen LogP contribution in [-0.2, 0) is 11.8 Å². The fraction of sp³-hybridized carbons (Fsp3) is 1.00. The molecule has 0 nitrogen and oxygen atoms in total. The second kappa shape index (κ2) is 3.81. The zero-order valence-electron chi connectivity index (χ0n) is 1.99. The van der Waals surface area contributed by atoms with Gasteiger partial charge in [0.25, 0.3) is 0 Å². The number of rotatable bonds is 1. The fourth-order valence-corrected chi connectivity index (χ4v) is 0. The van der Waals surface area contributed by atoms with E-state index in [1.54, 1.807) is 0 Å². The van der Waals surface area contributed by atoms with Crippen LogP contribution in [0.1, 0.15) is 0 Å². The molecule has 1 unspecified atom stereocenters. The van der Waals surface area contributed by atoms with Gasteiger partial charge in [0, 0.05) is 0 Å². The first-order valence-electron chi connectivity index (χ1n) is 0.825. The zero-order chi connectivity index (χ0) is 3.41. The lowest BCUT2D eigenvalue weighted by atomic mass is 11.9. The van der Waals surface area contributed by atoms with E-state index in [-0.39, 0.29) is 0 Å². The van der Waals surface area contributed by atoms with Crippen LogP contribution in [0.5, 0.6) is 0 Å². The van der Waals surface area contributed by atoms with Crippen molar-refractivity contribution in [3.63, 3.8) is 0 Å². The molecular formula is CH3ClPS+. The van der Waals surface area contributed by atoms with Gasteiger partial charge in [-0.15, -0.1) is 0 Å². The summed E-state index contributed by atoms with van der Waals surface area (Å²) in [6, 6.07) is 0. The molecule has 0 N–H and O–H groups in total. The highest BCUT2D eigenvalue weighted by Crippen LogP contribution is 1.90. The Labute approximate surface area is 37.0 Å². The smallest absolute Gasteiger partial charge is 0.0729 e. The molecule has 0 saturated carbocycles. The molecular weight excluding hydrogens is 111 g/mol. The van der Waals surface area contributed by atoms with E-state index < -0.39 is 0 Å². The molecule has 0 aliphatic carbocycles. The van der Waals surface area contributed by atoms with Crippen molar-refractivity contribution in [1.29, 1.82) is 0 Å². The quantitative estimate of drug-likeness (QED) is 0.365. The molecule has 0 bridgehead atoms. The van der Waals surface area contributed by atoms with Gasteiger partial charge in [-0.05, 0) is 0 Å². The Morgan fingerprint density at radius 1 is 2.00 bits per heavy atom. The van der Waals surface area contributed by atoms with Gasteiger partial charge in [-0.3, -0.25) is 0 Å². The van der Waals surface area contributed by atoms with E-state index in [4.69, 9.17) is 11.6 Å². The van der Waals surface area contributed by atoms with Gasteiger partial charge in [0.05, 0.1) is 0 Å². The molecule has 1 atom stereocenters. The van der Waals surface area contributed by atoms with Crippen molar-refractivity contribution in [3.8, 4) is 0 Å². The molecule has 0 radical (unpaired) electrons. The minimum atomic E-state index is 0.489. The average Bonchev–Trinajstić information content (AvgIpc) is 1.37. The van der Waals surface area contributed by atoms with Crippen molar-refractivity contribution < 1.29 is 0 Å². The highest BCUT2D eigenvalue weighted by molar-refractivity contribution is 7.97. The Kier molecular flexibility index (Phi) is 4.58. The number of hydrogen-bond acceptors (Lipinski definition) is 1.